The van der Waals surface area contributed by atoms with Crippen LogP contribution in [-0.2, 0) is 20.7 Å². The number of hydrogen-bond donors (Lipinski definition) is 1. The average molecular weight is 400 g/mol. The Hall–Kier alpha value is -3.40. The van der Waals surface area contributed by atoms with Gasteiger partial charge >= 0.3 is 11.9 Å². The van der Waals surface area contributed by atoms with Gasteiger partial charge in [0.1, 0.15) is 6.61 Å². The Balaban J connectivity index is 1.43. The molecule has 0 fully saturated rings. The Morgan fingerprint density at radius 3 is 2.17 bits per heavy atom. The first-order valence-corrected chi connectivity index (χ1v) is 10.1. The zero-order valence-electron chi connectivity index (χ0n) is 16.9. The number of aliphatic carboxylic acids is 1. The van der Waals surface area contributed by atoms with Gasteiger partial charge in [0.05, 0.1) is 12.3 Å². The minimum absolute atomic E-state index is 0.0265. The Labute approximate surface area is 176 Å². The molecule has 3 aromatic carbocycles. The molecule has 4 rings (SSSR count). The van der Waals surface area contributed by atoms with Gasteiger partial charge in [-0.25, -0.2) is 0 Å². The summed E-state index contributed by atoms with van der Waals surface area (Å²) in [6.07, 6.45) is 0.167. The molecule has 0 amide bonds. The lowest BCUT2D eigenvalue weighted by molar-refractivity contribution is -0.151. The lowest BCUT2D eigenvalue weighted by Gasteiger charge is -2.16. The molecule has 0 saturated carbocycles. The highest BCUT2D eigenvalue weighted by molar-refractivity contribution is 5.80. The van der Waals surface area contributed by atoms with Crippen LogP contribution in [0.1, 0.15) is 34.6 Å². The predicted molar refractivity (Wildman–Crippen MR) is 115 cm³/mol. The van der Waals surface area contributed by atoms with Gasteiger partial charge in [0.25, 0.3) is 0 Å². The summed E-state index contributed by atoms with van der Waals surface area (Å²) in [7, 11) is 0. The van der Waals surface area contributed by atoms with Crippen LogP contribution >= 0.6 is 0 Å². The monoisotopic (exact) mass is 400 g/mol. The number of aryl methyl sites for hydroxylation is 1. The first-order chi connectivity index (χ1) is 14.5. The SMILES string of the molecule is Cc1cccc(C[C@H](CC(=O)OCC2c3ccccc3-c3ccccc32)C(=O)O)c1. The third-order valence-electron chi connectivity index (χ3n) is 5.70. The Morgan fingerprint density at radius 1 is 0.933 bits per heavy atom. The molecule has 1 atom stereocenters. The highest BCUT2D eigenvalue weighted by Crippen LogP contribution is 2.44. The van der Waals surface area contributed by atoms with Crippen LogP contribution in [-0.4, -0.2) is 23.7 Å². The van der Waals surface area contributed by atoms with Crippen LogP contribution < -0.4 is 0 Å². The van der Waals surface area contributed by atoms with Crippen molar-refractivity contribution < 1.29 is 19.4 Å². The number of benzene rings is 3. The molecule has 0 unspecified atom stereocenters. The fraction of sp³-hybridized carbons (Fsp3) is 0.231. The summed E-state index contributed by atoms with van der Waals surface area (Å²) < 4.78 is 5.58. The molecular weight excluding hydrogens is 376 g/mol. The van der Waals surface area contributed by atoms with Gasteiger partial charge in [-0.1, -0.05) is 78.4 Å². The summed E-state index contributed by atoms with van der Waals surface area (Å²) in [5.41, 5.74) is 6.59. The Kier molecular flexibility index (Phi) is 5.66. The Morgan fingerprint density at radius 2 is 1.57 bits per heavy atom. The molecule has 0 radical (unpaired) electrons. The largest absolute Gasteiger partial charge is 0.481 e. The second kappa shape index (κ2) is 8.54. The van der Waals surface area contributed by atoms with E-state index < -0.39 is 17.9 Å². The van der Waals surface area contributed by atoms with E-state index in [0.29, 0.717) is 6.42 Å². The maximum atomic E-state index is 12.5. The van der Waals surface area contributed by atoms with Crippen molar-refractivity contribution in [3.05, 3.63) is 95.1 Å². The van der Waals surface area contributed by atoms with E-state index in [1.54, 1.807) is 0 Å². The summed E-state index contributed by atoms with van der Waals surface area (Å²) in [6.45, 7) is 2.18. The molecule has 152 valence electrons. The molecule has 0 heterocycles. The summed E-state index contributed by atoms with van der Waals surface area (Å²) in [4.78, 5) is 24.2. The first-order valence-electron chi connectivity index (χ1n) is 10.1. The zero-order chi connectivity index (χ0) is 21.1. The van der Waals surface area contributed by atoms with E-state index in [1.807, 2.05) is 55.5 Å². The highest BCUT2D eigenvalue weighted by atomic mass is 16.5. The van der Waals surface area contributed by atoms with E-state index in [2.05, 4.69) is 24.3 Å². The summed E-state index contributed by atoms with van der Waals surface area (Å²) in [5, 5.41) is 9.59. The van der Waals surface area contributed by atoms with Crippen molar-refractivity contribution in [3.8, 4) is 11.1 Å². The molecule has 3 aromatic rings. The van der Waals surface area contributed by atoms with E-state index in [4.69, 9.17) is 4.74 Å². The maximum absolute atomic E-state index is 12.5. The fourth-order valence-corrected chi connectivity index (χ4v) is 4.25. The van der Waals surface area contributed by atoms with Gasteiger partial charge in [0.15, 0.2) is 0 Å². The van der Waals surface area contributed by atoms with Crippen molar-refractivity contribution in [3.63, 3.8) is 0 Å². The third kappa shape index (κ3) is 4.13. The number of ether oxygens (including phenoxy) is 1. The molecule has 1 aliphatic rings. The summed E-state index contributed by atoms with van der Waals surface area (Å²) in [5.74, 6) is -2.29. The summed E-state index contributed by atoms with van der Waals surface area (Å²) >= 11 is 0. The highest BCUT2D eigenvalue weighted by Gasteiger charge is 2.30. The van der Waals surface area contributed by atoms with Gasteiger partial charge in [-0.15, -0.1) is 0 Å². The molecule has 0 aliphatic heterocycles. The van der Waals surface area contributed by atoms with Crippen molar-refractivity contribution in [1.29, 1.82) is 0 Å². The number of carboxylic acid groups (broad SMARTS) is 1. The van der Waals surface area contributed by atoms with Crippen LogP contribution in [0.4, 0.5) is 0 Å². The first kappa shape index (κ1) is 19.9. The van der Waals surface area contributed by atoms with E-state index in [-0.39, 0.29) is 18.9 Å². The van der Waals surface area contributed by atoms with E-state index in [9.17, 15) is 14.7 Å². The maximum Gasteiger partial charge on any atom is 0.307 e. The van der Waals surface area contributed by atoms with Gasteiger partial charge in [-0.05, 0) is 41.2 Å². The smallest absolute Gasteiger partial charge is 0.307 e. The number of esters is 1. The zero-order valence-corrected chi connectivity index (χ0v) is 16.9. The minimum atomic E-state index is -0.981. The number of rotatable bonds is 7. The normalized spacial score (nSPS) is 13.4. The number of carbonyl (C=O) groups excluding carboxylic acids is 1. The van der Waals surface area contributed by atoms with E-state index >= 15 is 0 Å². The van der Waals surface area contributed by atoms with Gasteiger partial charge in [-0.2, -0.15) is 0 Å². The van der Waals surface area contributed by atoms with Gasteiger partial charge in [0.2, 0.25) is 0 Å². The van der Waals surface area contributed by atoms with Gasteiger partial charge in [0, 0.05) is 5.92 Å². The second-order valence-electron chi connectivity index (χ2n) is 7.84. The number of carboxylic acids is 1. The third-order valence-corrected chi connectivity index (χ3v) is 5.70. The quantitative estimate of drug-likeness (QED) is 0.568. The molecule has 0 spiro atoms. The van der Waals surface area contributed by atoms with E-state index in [0.717, 1.165) is 33.4 Å². The standard InChI is InChI=1S/C26H24O4/c1-17-7-6-8-18(13-17)14-19(26(28)29)15-25(27)30-16-24-22-11-4-2-9-20(22)21-10-3-5-12-23(21)24/h2-13,19,24H,14-16H2,1H3,(H,28,29)/t19-/m1/s1. The molecule has 4 heteroatoms. The van der Waals surface area contributed by atoms with Crippen molar-refractivity contribution in [2.24, 2.45) is 5.92 Å². The number of fused-ring (bicyclic) bond motifs is 3. The van der Waals surface area contributed by atoms with Gasteiger partial charge in [-0.3, -0.25) is 9.59 Å². The van der Waals surface area contributed by atoms with Crippen LogP contribution in [0.15, 0.2) is 72.8 Å². The van der Waals surface area contributed by atoms with Crippen LogP contribution in [0.3, 0.4) is 0 Å². The van der Waals surface area contributed by atoms with Gasteiger partial charge < -0.3 is 9.84 Å². The fourth-order valence-electron chi connectivity index (χ4n) is 4.25. The topological polar surface area (TPSA) is 63.6 Å². The molecule has 0 aromatic heterocycles. The van der Waals surface area contributed by atoms with Crippen LogP contribution in [0, 0.1) is 12.8 Å². The molecule has 0 saturated heterocycles. The molecule has 4 nitrogen and oxygen atoms in total. The van der Waals surface area contributed by atoms with Crippen LogP contribution in [0.25, 0.3) is 11.1 Å². The molecular formula is C26H24O4. The predicted octanol–water partition coefficient (Wildman–Crippen LogP) is 4.98. The minimum Gasteiger partial charge on any atom is -0.481 e. The molecule has 0 bridgehead atoms. The molecule has 1 aliphatic carbocycles. The Bertz CT molecular complexity index is 1040. The van der Waals surface area contributed by atoms with E-state index in [1.165, 1.54) is 0 Å². The van der Waals surface area contributed by atoms with Crippen LogP contribution in [0.5, 0.6) is 0 Å². The van der Waals surface area contributed by atoms with Crippen molar-refractivity contribution in [1.82, 2.24) is 0 Å². The molecule has 1 N–H and O–H groups in total. The number of hydrogen-bond acceptors (Lipinski definition) is 3. The molecule has 30 heavy (non-hydrogen) atoms. The van der Waals surface area contributed by atoms with Crippen molar-refractivity contribution in [2.45, 2.75) is 25.7 Å². The number of carbonyl (C=O) groups is 2. The summed E-state index contributed by atoms with van der Waals surface area (Å²) in [6, 6.07) is 24.0. The van der Waals surface area contributed by atoms with Crippen LogP contribution in [0.2, 0.25) is 0 Å². The van der Waals surface area contributed by atoms with Crippen molar-refractivity contribution in [2.75, 3.05) is 6.61 Å². The lowest BCUT2D eigenvalue weighted by Crippen LogP contribution is -2.22. The average Bonchev–Trinajstić information content (AvgIpc) is 3.06. The lowest BCUT2D eigenvalue weighted by atomic mass is 9.95. The second-order valence-corrected chi connectivity index (χ2v) is 7.84. The van der Waals surface area contributed by atoms with Crippen molar-refractivity contribution >= 4 is 11.9 Å².